The van der Waals surface area contributed by atoms with E-state index >= 15 is 0 Å². The van der Waals surface area contributed by atoms with Gasteiger partial charge in [-0.05, 0) is 44.2 Å². The number of para-hydroxylation sites is 1. The number of aromatic nitrogens is 1. The maximum absolute atomic E-state index is 12.2. The molecule has 0 saturated carbocycles. The quantitative estimate of drug-likeness (QED) is 0.683. The average Bonchev–Trinajstić information content (AvgIpc) is 2.97. The van der Waals surface area contributed by atoms with Crippen LogP contribution in [0.15, 0.2) is 58.8 Å². The van der Waals surface area contributed by atoms with Crippen molar-refractivity contribution in [1.82, 2.24) is 4.57 Å². The van der Waals surface area contributed by atoms with Gasteiger partial charge in [0.25, 0.3) is 0 Å². The van der Waals surface area contributed by atoms with Crippen LogP contribution in [0.5, 0.6) is 11.6 Å². The van der Waals surface area contributed by atoms with Crippen LogP contribution in [0.1, 0.15) is 19.4 Å². The highest BCUT2D eigenvalue weighted by atomic mass is 16.5. The van der Waals surface area contributed by atoms with Crippen LogP contribution in [0.4, 0.5) is 5.69 Å². The van der Waals surface area contributed by atoms with Crippen LogP contribution in [-0.2, 0) is 11.3 Å². The summed E-state index contributed by atoms with van der Waals surface area (Å²) in [6.07, 6.45) is -0.858. The lowest BCUT2D eigenvalue weighted by molar-refractivity contribution is -0.124. The summed E-state index contributed by atoms with van der Waals surface area (Å²) in [5, 5.41) is 27.6. The monoisotopic (exact) mass is 362 g/mol. The molecule has 0 radical (unpaired) electrons. The third kappa shape index (κ3) is 3.65. The first-order valence-electron chi connectivity index (χ1n) is 8.47. The van der Waals surface area contributed by atoms with Gasteiger partial charge in [-0.3, -0.25) is 4.79 Å². The Hall–Kier alpha value is -3.66. The summed E-state index contributed by atoms with van der Waals surface area (Å²) in [6, 6.07) is 15.8. The third-order valence-electron chi connectivity index (χ3n) is 4.13. The van der Waals surface area contributed by atoms with Gasteiger partial charge in [0.15, 0.2) is 11.8 Å². The number of rotatable bonds is 5. The van der Waals surface area contributed by atoms with Crippen molar-refractivity contribution in [2.24, 2.45) is 10.2 Å². The van der Waals surface area contributed by atoms with Gasteiger partial charge >= 0.3 is 5.91 Å². The molecule has 0 aliphatic heterocycles. The van der Waals surface area contributed by atoms with E-state index < -0.39 is 12.0 Å². The lowest BCUT2D eigenvalue weighted by atomic mass is 10.2. The minimum Gasteiger partial charge on any atom is -0.493 e. The second kappa shape index (κ2) is 7.70. The summed E-state index contributed by atoms with van der Waals surface area (Å²) in [5.74, 6) is -0.154. The maximum atomic E-state index is 12.2. The number of aryl methyl sites for hydroxylation is 1. The fraction of sp³-hybridized carbons (Fsp3) is 0.200. The molecule has 1 aromatic heterocycles. The van der Waals surface area contributed by atoms with Crippen LogP contribution in [-0.4, -0.2) is 21.7 Å². The zero-order valence-electron chi connectivity index (χ0n) is 15.0. The Labute approximate surface area is 156 Å². The number of nitrogens with zero attached hydrogens (tertiary/aromatic N) is 4. The molecule has 1 unspecified atom stereocenters. The summed E-state index contributed by atoms with van der Waals surface area (Å²) in [7, 11) is 0. The maximum Gasteiger partial charge on any atom is 0.304 e. The summed E-state index contributed by atoms with van der Waals surface area (Å²) < 4.78 is 7.23. The normalized spacial score (nSPS) is 12.2. The Bertz CT molecular complexity index is 1050. The van der Waals surface area contributed by atoms with Crippen molar-refractivity contribution >= 4 is 22.5 Å². The fourth-order valence-corrected chi connectivity index (χ4v) is 2.73. The van der Waals surface area contributed by atoms with Crippen molar-refractivity contribution in [2.75, 3.05) is 0 Å². The summed E-state index contributed by atoms with van der Waals surface area (Å²) in [6.45, 7) is 4.04. The third-order valence-corrected chi connectivity index (χ3v) is 4.13. The number of hydrogen-bond donors (Lipinski definition) is 1. The van der Waals surface area contributed by atoms with E-state index in [9.17, 15) is 9.90 Å². The molecule has 27 heavy (non-hydrogen) atoms. The first kappa shape index (κ1) is 18.1. The number of aromatic hydroxyl groups is 1. The van der Waals surface area contributed by atoms with Crippen LogP contribution >= 0.6 is 0 Å². The molecule has 7 nitrogen and oxygen atoms in total. The Kier molecular flexibility index (Phi) is 5.18. The van der Waals surface area contributed by atoms with Gasteiger partial charge in [-0.1, -0.05) is 18.2 Å². The van der Waals surface area contributed by atoms with E-state index in [4.69, 9.17) is 10.00 Å². The number of ether oxygens (including phenoxy) is 1. The standard InChI is InChI=1S/C20H18N4O3/c1-3-24-17-7-5-4-6-16(17)18(20(24)26)22-23-19(25)13(2)27-15-10-8-14(12-21)9-11-15/h4-11,13,26H,3H2,1-2H3. The predicted molar refractivity (Wildman–Crippen MR) is 100 cm³/mol. The smallest absolute Gasteiger partial charge is 0.304 e. The molecule has 3 rings (SSSR count). The summed E-state index contributed by atoms with van der Waals surface area (Å²) in [5.41, 5.74) is 1.58. The lowest BCUT2D eigenvalue weighted by Gasteiger charge is -2.10. The van der Waals surface area contributed by atoms with Crippen molar-refractivity contribution in [3.05, 3.63) is 54.1 Å². The molecular weight excluding hydrogens is 344 g/mol. The van der Waals surface area contributed by atoms with Gasteiger partial charge in [-0.15, -0.1) is 10.2 Å². The van der Waals surface area contributed by atoms with E-state index in [1.807, 2.05) is 37.3 Å². The highest BCUT2D eigenvalue weighted by molar-refractivity contribution is 5.95. The highest BCUT2D eigenvalue weighted by Crippen LogP contribution is 2.38. The molecule has 2 aromatic carbocycles. The van der Waals surface area contributed by atoms with E-state index in [1.165, 1.54) is 0 Å². The van der Waals surface area contributed by atoms with Crippen molar-refractivity contribution in [3.8, 4) is 17.7 Å². The molecule has 1 heterocycles. The number of azo groups is 1. The number of carbonyl (C=O) groups is 1. The molecule has 136 valence electrons. The number of benzene rings is 2. The van der Waals surface area contributed by atoms with Crippen LogP contribution in [0.2, 0.25) is 0 Å². The number of nitriles is 1. The van der Waals surface area contributed by atoms with Crippen LogP contribution in [0, 0.1) is 11.3 Å². The fourth-order valence-electron chi connectivity index (χ4n) is 2.73. The van der Waals surface area contributed by atoms with Gasteiger partial charge in [0.05, 0.1) is 17.1 Å². The van der Waals surface area contributed by atoms with E-state index in [2.05, 4.69) is 10.2 Å². The van der Waals surface area contributed by atoms with Crippen molar-refractivity contribution in [1.29, 1.82) is 5.26 Å². The Morgan fingerprint density at radius 1 is 1.26 bits per heavy atom. The molecule has 7 heteroatoms. The van der Waals surface area contributed by atoms with Gasteiger partial charge in [-0.25, -0.2) is 0 Å². The summed E-state index contributed by atoms with van der Waals surface area (Å²) in [4.78, 5) is 12.2. The molecule has 3 aromatic rings. The van der Waals surface area contributed by atoms with Crippen molar-refractivity contribution in [3.63, 3.8) is 0 Å². The second-order valence-corrected chi connectivity index (χ2v) is 5.87. The highest BCUT2D eigenvalue weighted by Gasteiger charge is 2.18. The number of hydrogen-bond acceptors (Lipinski definition) is 5. The number of amides is 1. The molecular formula is C20H18N4O3. The molecule has 1 amide bonds. The average molecular weight is 362 g/mol. The molecule has 0 saturated heterocycles. The Balaban J connectivity index is 1.79. The lowest BCUT2D eigenvalue weighted by Crippen LogP contribution is -2.21. The molecule has 0 spiro atoms. The molecule has 0 aliphatic rings. The minimum absolute atomic E-state index is 0.0316. The van der Waals surface area contributed by atoms with Gasteiger partial charge in [0, 0.05) is 11.9 Å². The zero-order valence-corrected chi connectivity index (χ0v) is 15.0. The second-order valence-electron chi connectivity index (χ2n) is 5.87. The summed E-state index contributed by atoms with van der Waals surface area (Å²) >= 11 is 0. The van der Waals surface area contributed by atoms with Gasteiger partial charge < -0.3 is 14.4 Å². The minimum atomic E-state index is -0.858. The molecule has 0 aliphatic carbocycles. The molecule has 0 fully saturated rings. The van der Waals surface area contributed by atoms with Gasteiger partial charge in [0.2, 0.25) is 5.88 Å². The van der Waals surface area contributed by atoms with E-state index in [-0.39, 0.29) is 11.6 Å². The van der Waals surface area contributed by atoms with Gasteiger partial charge in [-0.2, -0.15) is 5.26 Å². The zero-order chi connectivity index (χ0) is 19.4. The number of carbonyl (C=O) groups excluding carboxylic acids is 1. The first-order valence-corrected chi connectivity index (χ1v) is 8.47. The Morgan fingerprint density at radius 3 is 2.63 bits per heavy atom. The Morgan fingerprint density at radius 2 is 1.96 bits per heavy atom. The first-order chi connectivity index (χ1) is 13.0. The SMILES string of the molecule is CCn1c(O)c(N=NC(=O)C(C)Oc2ccc(C#N)cc2)c2ccccc21. The van der Waals surface area contributed by atoms with E-state index in [0.29, 0.717) is 23.2 Å². The largest absolute Gasteiger partial charge is 0.493 e. The molecule has 1 atom stereocenters. The van der Waals surface area contributed by atoms with Crippen molar-refractivity contribution < 1.29 is 14.6 Å². The predicted octanol–water partition coefficient (Wildman–Crippen LogP) is 4.32. The number of fused-ring (bicyclic) bond motifs is 1. The topological polar surface area (TPSA) is 100.0 Å². The van der Waals surface area contributed by atoms with Crippen LogP contribution < -0.4 is 4.74 Å². The van der Waals surface area contributed by atoms with Crippen LogP contribution in [0.25, 0.3) is 10.9 Å². The van der Waals surface area contributed by atoms with E-state index in [1.54, 1.807) is 35.8 Å². The molecule has 1 N–H and O–H groups in total. The van der Waals surface area contributed by atoms with Crippen LogP contribution in [0.3, 0.4) is 0 Å². The van der Waals surface area contributed by atoms with Crippen molar-refractivity contribution in [2.45, 2.75) is 26.5 Å². The van der Waals surface area contributed by atoms with E-state index in [0.717, 1.165) is 5.52 Å². The van der Waals surface area contributed by atoms with Gasteiger partial charge in [0.1, 0.15) is 5.75 Å². The molecule has 0 bridgehead atoms.